The van der Waals surface area contributed by atoms with E-state index < -0.39 is 5.97 Å². The average molecular weight is 427 g/mol. The molecule has 0 unspecified atom stereocenters. The number of halogens is 1. The van der Waals surface area contributed by atoms with Crippen LogP contribution >= 0.6 is 11.6 Å². The number of hydrogen-bond acceptors (Lipinski definition) is 4. The van der Waals surface area contributed by atoms with Crippen LogP contribution < -0.4 is 5.32 Å². The predicted molar refractivity (Wildman–Crippen MR) is 117 cm³/mol. The van der Waals surface area contributed by atoms with Gasteiger partial charge in [-0.25, -0.2) is 4.79 Å². The molecule has 1 heterocycles. The smallest absolute Gasteiger partial charge is 0.339 e. The number of aromatic nitrogens is 1. The molecule has 0 saturated carbocycles. The third kappa shape index (κ3) is 4.54. The molecule has 0 aliphatic rings. The highest BCUT2D eigenvalue weighted by Gasteiger charge is 2.17. The molecule has 1 amide bonds. The SMILES string of the molecule is CCCCOC(=O)c1cc(NC(=O)Cn2c(C)c(C=O)c3ccccc32)ccc1Cl. The van der Waals surface area contributed by atoms with Gasteiger partial charge in [0.25, 0.3) is 0 Å². The minimum Gasteiger partial charge on any atom is -0.462 e. The van der Waals surface area contributed by atoms with E-state index in [0.29, 0.717) is 17.9 Å². The van der Waals surface area contributed by atoms with E-state index in [9.17, 15) is 14.4 Å². The van der Waals surface area contributed by atoms with Crippen LogP contribution in [0.4, 0.5) is 5.69 Å². The van der Waals surface area contributed by atoms with Crippen molar-refractivity contribution in [2.75, 3.05) is 11.9 Å². The third-order valence-corrected chi connectivity index (χ3v) is 5.23. The second-order valence-electron chi connectivity index (χ2n) is 6.95. The molecule has 0 atom stereocenters. The van der Waals surface area contributed by atoms with E-state index in [-0.39, 0.29) is 23.0 Å². The zero-order valence-corrected chi connectivity index (χ0v) is 17.7. The highest BCUT2D eigenvalue weighted by molar-refractivity contribution is 6.33. The summed E-state index contributed by atoms with van der Waals surface area (Å²) in [4.78, 5) is 36.4. The summed E-state index contributed by atoms with van der Waals surface area (Å²) in [5, 5.41) is 3.85. The van der Waals surface area contributed by atoms with Crippen LogP contribution in [0.2, 0.25) is 5.02 Å². The zero-order chi connectivity index (χ0) is 21.7. The van der Waals surface area contributed by atoms with E-state index in [2.05, 4.69) is 5.32 Å². The first-order valence-electron chi connectivity index (χ1n) is 9.75. The monoisotopic (exact) mass is 426 g/mol. The van der Waals surface area contributed by atoms with Crippen LogP contribution in [0.3, 0.4) is 0 Å². The molecular formula is C23H23ClN2O4. The summed E-state index contributed by atoms with van der Waals surface area (Å²) < 4.78 is 7.01. The lowest BCUT2D eigenvalue weighted by atomic mass is 10.1. The van der Waals surface area contributed by atoms with Crippen molar-refractivity contribution in [1.82, 2.24) is 4.57 Å². The van der Waals surface area contributed by atoms with Crippen LogP contribution in [0.1, 0.15) is 46.2 Å². The lowest BCUT2D eigenvalue weighted by Crippen LogP contribution is -2.20. The van der Waals surface area contributed by atoms with Gasteiger partial charge in [-0.15, -0.1) is 0 Å². The number of esters is 1. The molecule has 1 N–H and O–H groups in total. The van der Waals surface area contributed by atoms with Gasteiger partial charge in [0, 0.05) is 27.8 Å². The summed E-state index contributed by atoms with van der Waals surface area (Å²) in [6, 6.07) is 12.1. The molecule has 0 aliphatic heterocycles. The fourth-order valence-electron chi connectivity index (χ4n) is 3.30. The number of nitrogens with one attached hydrogen (secondary N) is 1. The number of unbranched alkanes of at least 4 members (excludes halogenated alkanes) is 1. The highest BCUT2D eigenvalue weighted by Crippen LogP contribution is 2.25. The van der Waals surface area contributed by atoms with Crippen molar-refractivity contribution in [2.45, 2.75) is 33.2 Å². The maximum Gasteiger partial charge on any atom is 0.339 e. The van der Waals surface area contributed by atoms with Gasteiger partial charge in [-0.05, 0) is 37.6 Å². The number of fused-ring (bicyclic) bond motifs is 1. The highest BCUT2D eigenvalue weighted by atomic mass is 35.5. The van der Waals surface area contributed by atoms with Crippen LogP contribution in [0, 0.1) is 6.92 Å². The molecule has 0 saturated heterocycles. The summed E-state index contributed by atoms with van der Waals surface area (Å²) in [6.07, 6.45) is 2.49. The van der Waals surface area contributed by atoms with Gasteiger partial charge in [0.2, 0.25) is 5.91 Å². The molecule has 6 nitrogen and oxygen atoms in total. The van der Waals surface area contributed by atoms with Crippen LogP contribution in [0.25, 0.3) is 10.9 Å². The number of benzene rings is 2. The topological polar surface area (TPSA) is 77.4 Å². The third-order valence-electron chi connectivity index (χ3n) is 4.90. The molecule has 156 valence electrons. The number of hydrogen-bond donors (Lipinski definition) is 1. The van der Waals surface area contributed by atoms with Crippen LogP contribution in [0.5, 0.6) is 0 Å². The number of carbonyl (C=O) groups is 3. The van der Waals surface area contributed by atoms with Crippen molar-refractivity contribution >= 4 is 46.4 Å². The molecule has 7 heteroatoms. The normalized spacial score (nSPS) is 10.8. The summed E-state index contributed by atoms with van der Waals surface area (Å²) in [5.74, 6) is -0.809. The first-order chi connectivity index (χ1) is 14.5. The van der Waals surface area contributed by atoms with Crippen molar-refractivity contribution in [3.63, 3.8) is 0 Å². The quantitative estimate of drug-likeness (QED) is 0.312. The van der Waals surface area contributed by atoms with E-state index in [1.54, 1.807) is 16.7 Å². The van der Waals surface area contributed by atoms with E-state index in [1.807, 2.05) is 38.1 Å². The first-order valence-corrected chi connectivity index (χ1v) is 10.1. The van der Waals surface area contributed by atoms with Gasteiger partial charge >= 0.3 is 5.97 Å². The largest absolute Gasteiger partial charge is 0.462 e. The van der Waals surface area contributed by atoms with Crippen molar-refractivity contribution in [3.8, 4) is 0 Å². The number of anilines is 1. The molecule has 3 rings (SSSR count). The van der Waals surface area contributed by atoms with Crippen molar-refractivity contribution in [3.05, 3.63) is 64.3 Å². The molecule has 0 spiro atoms. The van der Waals surface area contributed by atoms with Gasteiger partial charge < -0.3 is 14.6 Å². The van der Waals surface area contributed by atoms with Gasteiger partial charge in [0.1, 0.15) is 6.54 Å². The standard InChI is InChI=1S/C23H23ClN2O4/c1-3-4-11-30-23(29)18-12-16(9-10-20(18)24)25-22(28)13-26-15(2)19(14-27)17-7-5-6-8-21(17)26/h5-10,12,14H,3-4,11,13H2,1-2H3,(H,25,28). The molecule has 30 heavy (non-hydrogen) atoms. The fraction of sp³-hybridized carbons (Fsp3) is 0.261. The van der Waals surface area contributed by atoms with Crippen LogP contribution in [-0.4, -0.2) is 29.3 Å². The van der Waals surface area contributed by atoms with Crippen molar-refractivity contribution < 1.29 is 19.1 Å². The molecule has 2 aromatic carbocycles. The number of nitrogens with zero attached hydrogens (tertiary/aromatic N) is 1. The van der Waals surface area contributed by atoms with Crippen LogP contribution in [0.15, 0.2) is 42.5 Å². The predicted octanol–water partition coefficient (Wildman–Crippen LogP) is 5.01. The minimum atomic E-state index is -0.521. The maximum absolute atomic E-state index is 12.7. The van der Waals surface area contributed by atoms with Crippen molar-refractivity contribution in [1.29, 1.82) is 0 Å². The molecule has 0 aliphatic carbocycles. The molecule has 0 radical (unpaired) electrons. The minimum absolute atomic E-state index is 0.0269. The lowest BCUT2D eigenvalue weighted by molar-refractivity contribution is -0.116. The Bertz CT molecular complexity index is 1100. The molecule has 0 bridgehead atoms. The number of rotatable bonds is 8. The maximum atomic E-state index is 12.7. The Morgan fingerprint density at radius 3 is 2.70 bits per heavy atom. The average Bonchev–Trinajstić information content (AvgIpc) is 3.00. The van der Waals surface area contributed by atoms with Gasteiger partial charge in [-0.2, -0.15) is 0 Å². The number of aldehydes is 1. The Morgan fingerprint density at radius 1 is 1.20 bits per heavy atom. The number of carbonyl (C=O) groups excluding carboxylic acids is 3. The second kappa shape index (κ2) is 9.59. The van der Waals surface area contributed by atoms with Gasteiger partial charge in [-0.3, -0.25) is 9.59 Å². The first kappa shape index (κ1) is 21.6. The van der Waals surface area contributed by atoms with E-state index in [4.69, 9.17) is 16.3 Å². The second-order valence-corrected chi connectivity index (χ2v) is 7.36. The van der Waals surface area contributed by atoms with Gasteiger partial charge in [0.15, 0.2) is 6.29 Å². The van der Waals surface area contributed by atoms with E-state index in [0.717, 1.165) is 35.7 Å². The number of para-hydroxylation sites is 1. The Labute approximate surface area is 179 Å². The fourth-order valence-corrected chi connectivity index (χ4v) is 3.50. The van der Waals surface area contributed by atoms with E-state index >= 15 is 0 Å². The van der Waals surface area contributed by atoms with Crippen molar-refractivity contribution in [2.24, 2.45) is 0 Å². The summed E-state index contributed by atoms with van der Waals surface area (Å²) in [6.45, 7) is 4.16. The summed E-state index contributed by atoms with van der Waals surface area (Å²) in [5.41, 5.74) is 2.75. The number of amides is 1. The lowest BCUT2D eigenvalue weighted by Gasteiger charge is -2.11. The zero-order valence-electron chi connectivity index (χ0n) is 16.9. The Balaban J connectivity index is 1.78. The molecule has 3 aromatic rings. The summed E-state index contributed by atoms with van der Waals surface area (Å²) >= 11 is 6.12. The Hall–Kier alpha value is -3.12. The Kier molecular flexibility index (Phi) is 6.90. The molecule has 1 aromatic heterocycles. The molecule has 0 fully saturated rings. The summed E-state index contributed by atoms with van der Waals surface area (Å²) in [7, 11) is 0. The van der Waals surface area contributed by atoms with Gasteiger partial charge in [-0.1, -0.05) is 43.1 Å². The van der Waals surface area contributed by atoms with Gasteiger partial charge in [0.05, 0.1) is 17.2 Å². The van der Waals surface area contributed by atoms with Crippen LogP contribution in [-0.2, 0) is 16.1 Å². The number of ether oxygens (including phenoxy) is 1. The Morgan fingerprint density at radius 2 is 1.97 bits per heavy atom. The van der Waals surface area contributed by atoms with E-state index in [1.165, 1.54) is 6.07 Å². The molecular weight excluding hydrogens is 404 g/mol.